The molecule has 4 nitrogen and oxygen atoms in total. The number of rotatable bonds is 7. The number of hydrogen-bond acceptors (Lipinski definition) is 3. The number of likely N-dealkylation sites (tertiary alicyclic amines) is 1. The largest absolute Gasteiger partial charge is 0.299 e. The standard InChI is InChI=1S/C21H32N2O2S/c1-5-6-12-20(22-26(24,25)21(2,3)4)19-13-15-23(16-14-19)17-18-10-8-7-9-11-18/h5,7-11,19H,1,6,12-17H2,2-4H3. The highest BCUT2D eigenvalue weighted by Crippen LogP contribution is 2.25. The fourth-order valence-electron chi connectivity index (χ4n) is 3.13. The molecule has 0 aromatic heterocycles. The van der Waals surface area contributed by atoms with Gasteiger partial charge in [0.05, 0.1) is 4.75 Å². The molecule has 1 aromatic carbocycles. The Hall–Kier alpha value is -1.46. The van der Waals surface area contributed by atoms with Gasteiger partial charge in [0.1, 0.15) is 0 Å². The lowest BCUT2D eigenvalue weighted by Crippen LogP contribution is -2.37. The van der Waals surface area contributed by atoms with Crippen LogP contribution in [0, 0.1) is 5.92 Å². The van der Waals surface area contributed by atoms with Crippen LogP contribution in [0.4, 0.5) is 0 Å². The third-order valence-corrected chi connectivity index (χ3v) is 6.95. The molecule has 26 heavy (non-hydrogen) atoms. The van der Waals surface area contributed by atoms with Crippen molar-refractivity contribution in [1.29, 1.82) is 0 Å². The van der Waals surface area contributed by atoms with Crippen LogP contribution in [0.15, 0.2) is 47.4 Å². The van der Waals surface area contributed by atoms with E-state index < -0.39 is 14.8 Å². The molecule has 1 fully saturated rings. The molecule has 0 atom stereocenters. The summed E-state index contributed by atoms with van der Waals surface area (Å²) in [6.07, 6.45) is 5.21. The van der Waals surface area contributed by atoms with Crippen molar-refractivity contribution in [3.8, 4) is 0 Å². The molecule has 0 amide bonds. The zero-order valence-corrected chi connectivity index (χ0v) is 17.1. The summed E-state index contributed by atoms with van der Waals surface area (Å²) in [6, 6.07) is 10.5. The summed E-state index contributed by atoms with van der Waals surface area (Å²) in [6.45, 7) is 11.8. The lowest BCUT2D eigenvalue weighted by atomic mass is 9.89. The van der Waals surface area contributed by atoms with E-state index in [0.29, 0.717) is 6.42 Å². The molecule has 144 valence electrons. The number of nitrogens with zero attached hydrogens (tertiary/aromatic N) is 2. The van der Waals surface area contributed by atoms with Gasteiger partial charge in [-0.15, -0.1) is 6.58 Å². The number of benzene rings is 1. The summed E-state index contributed by atoms with van der Waals surface area (Å²) in [4.78, 5) is 2.44. The molecular formula is C21H32N2O2S. The van der Waals surface area contributed by atoms with Crippen LogP contribution in [0.25, 0.3) is 0 Å². The van der Waals surface area contributed by atoms with Crippen molar-refractivity contribution in [2.45, 2.75) is 57.7 Å². The van der Waals surface area contributed by atoms with E-state index in [2.05, 4.69) is 40.1 Å². The molecule has 0 radical (unpaired) electrons. The van der Waals surface area contributed by atoms with E-state index in [9.17, 15) is 8.42 Å². The number of sulfonamides is 1. The van der Waals surface area contributed by atoms with Gasteiger partial charge in [-0.05, 0) is 65.1 Å². The Bertz CT molecular complexity index is 710. The average Bonchev–Trinajstić information content (AvgIpc) is 2.59. The van der Waals surface area contributed by atoms with Crippen molar-refractivity contribution in [2.24, 2.45) is 10.3 Å². The molecule has 1 heterocycles. The van der Waals surface area contributed by atoms with Gasteiger partial charge in [0.25, 0.3) is 10.0 Å². The van der Waals surface area contributed by atoms with E-state index in [1.807, 2.05) is 12.1 Å². The molecule has 2 rings (SSSR count). The van der Waals surface area contributed by atoms with Gasteiger partial charge >= 0.3 is 0 Å². The Balaban J connectivity index is 2.05. The number of piperidine rings is 1. The van der Waals surface area contributed by atoms with E-state index in [4.69, 9.17) is 0 Å². The lowest BCUT2D eigenvalue weighted by Gasteiger charge is -2.33. The summed E-state index contributed by atoms with van der Waals surface area (Å²) in [5.41, 5.74) is 2.15. The first-order chi connectivity index (χ1) is 12.2. The minimum atomic E-state index is -3.50. The van der Waals surface area contributed by atoms with Gasteiger partial charge < -0.3 is 0 Å². The normalized spacial score (nSPS) is 18.0. The smallest absolute Gasteiger partial charge is 0.257 e. The maximum Gasteiger partial charge on any atom is 0.257 e. The van der Waals surface area contributed by atoms with E-state index >= 15 is 0 Å². The third kappa shape index (κ3) is 5.78. The highest BCUT2D eigenvalue weighted by molar-refractivity contribution is 7.91. The summed E-state index contributed by atoms with van der Waals surface area (Å²) in [5, 5.41) is 0. The summed E-state index contributed by atoms with van der Waals surface area (Å²) in [5.74, 6) is 0.249. The maximum atomic E-state index is 12.6. The zero-order chi connectivity index (χ0) is 19.2. The highest BCUT2D eigenvalue weighted by Gasteiger charge is 2.31. The lowest BCUT2D eigenvalue weighted by molar-refractivity contribution is 0.201. The SMILES string of the molecule is C=CCCC(=NS(=O)(=O)C(C)(C)C)C1CCN(Cc2ccccc2)CC1. The first-order valence-electron chi connectivity index (χ1n) is 9.43. The Morgan fingerprint density at radius 1 is 1.23 bits per heavy atom. The van der Waals surface area contributed by atoms with E-state index in [0.717, 1.165) is 44.6 Å². The number of hydrogen-bond donors (Lipinski definition) is 0. The molecule has 0 aliphatic carbocycles. The molecule has 0 saturated carbocycles. The minimum absolute atomic E-state index is 0.249. The average molecular weight is 377 g/mol. The van der Waals surface area contributed by atoms with Gasteiger partial charge in [0, 0.05) is 18.2 Å². The second-order valence-corrected chi connectivity index (χ2v) is 10.4. The van der Waals surface area contributed by atoms with E-state index in [1.165, 1.54) is 5.56 Å². The van der Waals surface area contributed by atoms with Gasteiger partial charge in [-0.2, -0.15) is 4.40 Å². The van der Waals surface area contributed by atoms with Crippen LogP contribution in [0.2, 0.25) is 0 Å². The van der Waals surface area contributed by atoms with Gasteiger partial charge in [0.15, 0.2) is 0 Å². The van der Waals surface area contributed by atoms with Crippen LogP contribution in [0.3, 0.4) is 0 Å². The molecule has 0 unspecified atom stereocenters. The first-order valence-corrected chi connectivity index (χ1v) is 10.9. The second kappa shape index (κ2) is 8.96. The third-order valence-electron chi connectivity index (χ3n) is 4.92. The predicted molar refractivity (Wildman–Crippen MR) is 110 cm³/mol. The summed E-state index contributed by atoms with van der Waals surface area (Å²) < 4.78 is 28.5. The van der Waals surface area contributed by atoms with E-state index in [1.54, 1.807) is 20.8 Å². The van der Waals surface area contributed by atoms with Crippen molar-refractivity contribution in [3.63, 3.8) is 0 Å². The quantitative estimate of drug-likeness (QED) is 0.522. The van der Waals surface area contributed by atoms with Gasteiger partial charge in [-0.1, -0.05) is 36.4 Å². The molecule has 1 aliphatic rings. The summed E-state index contributed by atoms with van der Waals surface area (Å²) >= 11 is 0. The molecular weight excluding hydrogens is 344 g/mol. The Morgan fingerprint density at radius 3 is 2.38 bits per heavy atom. The molecule has 0 bridgehead atoms. The van der Waals surface area contributed by atoms with Crippen molar-refractivity contribution < 1.29 is 8.42 Å². The van der Waals surface area contributed by atoms with Crippen molar-refractivity contribution in [2.75, 3.05) is 13.1 Å². The molecule has 1 aromatic rings. The Kier molecular flexibility index (Phi) is 7.18. The fourth-order valence-corrected chi connectivity index (χ4v) is 3.95. The Labute approximate surface area is 159 Å². The van der Waals surface area contributed by atoms with Crippen molar-refractivity contribution in [1.82, 2.24) is 4.90 Å². The van der Waals surface area contributed by atoms with Crippen molar-refractivity contribution in [3.05, 3.63) is 48.6 Å². The van der Waals surface area contributed by atoms with Crippen LogP contribution in [0.5, 0.6) is 0 Å². The molecule has 5 heteroatoms. The van der Waals surface area contributed by atoms with Crippen LogP contribution >= 0.6 is 0 Å². The Morgan fingerprint density at radius 2 is 1.85 bits per heavy atom. The first kappa shape index (κ1) is 20.8. The molecule has 1 aliphatic heterocycles. The van der Waals surface area contributed by atoms with Gasteiger partial charge in [-0.3, -0.25) is 4.90 Å². The van der Waals surface area contributed by atoms with Gasteiger partial charge in [-0.25, -0.2) is 8.42 Å². The van der Waals surface area contributed by atoms with Crippen LogP contribution in [-0.2, 0) is 16.6 Å². The molecule has 0 spiro atoms. The molecule has 1 saturated heterocycles. The topological polar surface area (TPSA) is 49.7 Å². The van der Waals surface area contributed by atoms with Gasteiger partial charge in [0.2, 0.25) is 0 Å². The van der Waals surface area contributed by atoms with Crippen LogP contribution in [0.1, 0.15) is 52.0 Å². The van der Waals surface area contributed by atoms with Crippen LogP contribution < -0.4 is 0 Å². The minimum Gasteiger partial charge on any atom is -0.299 e. The fraction of sp³-hybridized carbons (Fsp3) is 0.571. The molecule has 0 N–H and O–H groups in total. The zero-order valence-electron chi connectivity index (χ0n) is 16.3. The maximum absolute atomic E-state index is 12.6. The summed E-state index contributed by atoms with van der Waals surface area (Å²) in [7, 11) is -3.50. The van der Waals surface area contributed by atoms with Crippen molar-refractivity contribution >= 4 is 15.7 Å². The monoisotopic (exact) mass is 376 g/mol. The van der Waals surface area contributed by atoms with Crippen LogP contribution in [-0.4, -0.2) is 36.9 Å². The highest BCUT2D eigenvalue weighted by atomic mass is 32.2. The van der Waals surface area contributed by atoms with E-state index in [-0.39, 0.29) is 5.92 Å². The predicted octanol–water partition coefficient (Wildman–Crippen LogP) is 4.43. The number of allylic oxidation sites excluding steroid dienone is 1. The second-order valence-electron chi connectivity index (χ2n) is 8.03.